The van der Waals surface area contributed by atoms with E-state index in [-0.39, 0.29) is 11.7 Å². The summed E-state index contributed by atoms with van der Waals surface area (Å²) in [6, 6.07) is 8.28. The van der Waals surface area contributed by atoms with Crippen LogP contribution < -0.4 is 14.9 Å². The third-order valence-electron chi connectivity index (χ3n) is 4.95. The summed E-state index contributed by atoms with van der Waals surface area (Å²) >= 11 is 0. The van der Waals surface area contributed by atoms with Gasteiger partial charge in [0.1, 0.15) is 23.2 Å². The number of rotatable bonds is 6. The van der Waals surface area contributed by atoms with Crippen LogP contribution in [0.25, 0.3) is 0 Å². The van der Waals surface area contributed by atoms with Gasteiger partial charge in [-0.15, -0.1) is 0 Å². The first-order valence-electron chi connectivity index (χ1n) is 9.76. The smallest absolute Gasteiger partial charge is 0.257 e. The van der Waals surface area contributed by atoms with Crippen LogP contribution in [0.2, 0.25) is 0 Å². The SMILES string of the molecule is CC(C)[C@H](NC(=O)c1c(F)cccc1F)C(=O)Nc1ccc(N2CCCS2(=O)=O)cc1. The molecule has 0 spiro atoms. The van der Waals surface area contributed by atoms with Gasteiger partial charge in [0, 0.05) is 12.2 Å². The number of nitrogens with zero attached hydrogens (tertiary/aromatic N) is 1. The zero-order valence-electron chi connectivity index (χ0n) is 17.1. The van der Waals surface area contributed by atoms with E-state index < -0.39 is 45.1 Å². The van der Waals surface area contributed by atoms with E-state index in [0.717, 1.165) is 18.2 Å². The number of nitrogens with one attached hydrogen (secondary N) is 2. The first kappa shape index (κ1) is 22.7. The van der Waals surface area contributed by atoms with Crippen molar-refractivity contribution in [3.8, 4) is 0 Å². The molecule has 1 aliphatic rings. The fraction of sp³-hybridized carbons (Fsp3) is 0.333. The maximum Gasteiger partial charge on any atom is 0.257 e. The Morgan fingerprint density at radius 2 is 1.65 bits per heavy atom. The molecule has 1 heterocycles. The van der Waals surface area contributed by atoms with Crippen LogP contribution in [0.4, 0.5) is 20.2 Å². The second-order valence-electron chi connectivity index (χ2n) is 7.57. The van der Waals surface area contributed by atoms with Crippen molar-refractivity contribution < 1.29 is 26.8 Å². The molecule has 3 rings (SSSR count). The van der Waals surface area contributed by atoms with E-state index in [2.05, 4.69) is 10.6 Å². The van der Waals surface area contributed by atoms with Gasteiger partial charge in [0.25, 0.3) is 5.91 Å². The Labute approximate surface area is 179 Å². The molecular weight excluding hydrogens is 428 g/mol. The van der Waals surface area contributed by atoms with Crippen LogP contribution in [0.15, 0.2) is 42.5 Å². The van der Waals surface area contributed by atoms with Gasteiger partial charge in [-0.1, -0.05) is 19.9 Å². The third kappa shape index (κ3) is 5.01. The highest BCUT2D eigenvalue weighted by molar-refractivity contribution is 7.93. The third-order valence-corrected chi connectivity index (χ3v) is 6.82. The van der Waals surface area contributed by atoms with Gasteiger partial charge in [0.05, 0.1) is 11.4 Å². The van der Waals surface area contributed by atoms with Crippen LogP contribution in [0.5, 0.6) is 0 Å². The van der Waals surface area contributed by atoms with E-state index in [9.17, 15) is 26.8 Å². The molecule has 10 heteroatoms. The van der Waals surface area contributed by atoms with Gasteiger partial charge < -0.3 is 10.6 Å². The molecule has 0 bridgehead atoms. The zero-order chi connectivity index (χ0) is 22.8. The van der Waals surface area contributed by atoms with Gasteiger partial charge in [0.2, 0.25) is 15.9 Å². The van der Waals surface area contributed by atoms with Gasteiger partial charge in [-0.25, -0.2) is 17.2 Å². The number of halogens is 2. The number of hydrogen-bond acceptors (Lipinski definition) is 4. The lowest BCUT2D eigenvalue weighted by Crippen LogP contribution is -2.47. The molecule has 7 nitrogen and oxygen atoms in total. The molecule has 0 aliphatic carbocycles. The lowest BCUT2D eigenvalue weighted by Gasteiger charge is -2.22. The molecule has 2 aromatic carbocycles. The highest BCUT2D eigenvalue weighted by atomic mass is 32.2. The van der Waals surface area contributed by atoms with Crippen molar-refractivity contribution in [2.24, 2.45) is 5.92 Å². The second kappa shape index (κ2) is 9.01. The second-order valence-corrected chi connectivity index (χ2v) is 9.58. The summed E-state index contributed by atoms with van der Waals surface area (Å²) in [5, 5.41) is 5.02. The standard InChI is InChI=1S/C21H23F2N3O4S/c1-13(2)19(25-20(27)18-16(22)5-3-6-17(18)23)21(28)24-14-7-9-15(10-8-14)26-11-4-12-31(26,29)30/h3,5-10,13,19H,4,11-12H2,1-2H3,(H,24,28)(H,25,27)/t19-/m0/s1. The Morgan fingerprint density at radius 3 is 2.16 bits per heavy atom. The largest absolute Gasteiger partial charge is 0.340 e. The molecule has 2 amide bonds. The van der Waals surface area contributed by atoms with E-state index in [1.165, 1.54) is 4.31 Å². The fourth-order valence-electron chi connectivity index (χ4n) is 3.32. The normalized spacial score (nSPS) is 16.2. The summed E-state index contributed by atoms with van der Waals surface area (Å²) in [5.74, 6) is -3.90. The molecule has 2 N–H and O–H groups in total. The predicted molar refractivity (Wildman–Crippen MR) is 113 cm³/mol. The van der Waals surface area contributed by atoms with Gasteiger partial charge in [-0.2, -0.15) is 0 Å². The average molecular weight is 451 g/mol. The minimum atomic E-state index is -3.31. The molecule has 1 fully saturated rings. The van der Waals surface area contributed by atoms with Crippen molar-refractivity contribution >= 4 is 33.2 Å². The summed E-state index contributed by atoms with van der Waals surface area (Å²) in [6.07, 6.45) is 0.555. The van der Waals surface area contributed by atoms with Gasteiger partial charge >= 0.3 is 0 Å². The molecule has 0 aromatic heterocycles. The Morgan fingerprint density at radius 1 is 1.03 bits per heavy atom. The van der Waals surface area contributed by atoms with Crippen molar-refractivity contribution in [1.82, 2.24) is 5.32 Å². The van der Waals surface area contributed by atoms with Gasteiger partial charge in [0.15, 0.2) is 0 Å². The maximum atomic E-state index is 13.9. The number of sulfonamides is 1. The fourth-order valence-corrected chi connectivity index (χ4v) is 4.89. The van der Waals surface area contributed by atoms with E-state index in [4.69, 9.17) is 0 Å². The average Bonchev–Trinajstić information content (AvgIpc) is 3.05. The Hall–Kier alpha value is -3.01. The van der Waals surface area contributed by atoms with Crippen LogP contribution in [-0.4, -0.2) is 38.6 Å². The first-order chi connectivity index (χ1) is 14.6. The predicted octanol–water partition coefficient (Wildman–Crippen LogP) is 2.90. The van der Waals surface area contributed by atoms with Crippen LogP contribution in [0.3, 0.4) is 0 Å². The highest BCUT2D eigenvalue weighted by Gasteiger charge is 2.29. The monoisotopic (exact) mass is 451 g/mol. The Bertz CT molecular complexity index is 1070. The van der Waals surface area contributed by atoms with Gasteiger partial charge in [-0.05, 0) is 48.7 Å². The van der Waals surface area contributed by atoms with E-state index in [0.29, 0.717) is 24.3 Å². The van der Waals surface area contributed by atoms with Crippen molar-refractivity contribution in [2.75, 3.05) is 21.9 Å². The number of carbonyl (C=O) groups excluding carboxylic acids is 2. The molecule has 1 atom stereocenters. The number of benzene rings is 2. The minimum Gasteiger partial charge on any atom is -0.340 e. The number of amides is 2. The van der Waals surface area contributed by atoms with Crippen molar-refractivity contribution in [3.63, 3.8) is 0 Å². The zero-order valence-corrected chi connectivity index (χ0v) is 17.9. The molecule has 166 valence electrons. The lowest BCUT2D eigenvalue weighted by atomic mass is 10.0. The number of hydrogen-bond donors (Lipinski definition) is 2. The van der Waals surface area contributed by atoms with E-state index >= 15 is 0 Å². The lowest BCUT2D eigenvalue weighted by molar-refractivity contribution is -0.118. The van der Waals surface area contributed by atoms with Crippen molar-refractivity contribution in [3.05, 3.63) is 59.7 Å². The summed E-state index contributed by atoms with van der Waals surface area (Å²) in [5.41, 5.74) is 0.138. The summed E-state index contributed by atoms with van der Waals surface area (Å²) in [4.78, 5) is 25.1. The van der Waals surface area contributed by atoms with Crippen molar-refractivity contribution in [2.45, 2.75) is 26.3 Å². The molecule has 31 heavy (non-hydrogen) atoms. The molecule has 1 saturated heterocycles. The Balaban J connectivity index is 1.72. The van der Waals surface area contributed by atoms with Gasteiger partial charge in [-0.3, -0.25) is 13.9 Å². The van der Waals surface area contributed by atoms with Crippen LogP contribution in [0.1, 0.15) is 30.6 Å². The van der Waals surface area contributed by atoms with Crippen LogP contribution in [0, 0.1) is 17.6 Å². The van der Waals surface area contributed by atoms with Crippen LogP contribution >= 0.6 is 0 Å². The number of anilines is 2. The summed E-state index contributed by atoms with van der Waals surface area (Å²) in [6.45, 7) is 3.77. The minimum absolute atomic E-state index is 0.101. The molecule has 1 aliphatic heterocycles. The van der Waals surface area contributed by atoms with Crippen molar-refractivity contribution in [1.29, 1.82) is 0 Å². The van der Waals surface area contributed by atoms with E-state index in [1.807, 2.05) is 0 Å². The quantitative estimate of drug-likeness (QED) is 0.706. The summed E-state index contributed by atoms with van der Waals surface area (Å²) < 4.78 is 53.1. The molecule has 0 saturated carbocycles. The molecule has 2 aromatic rings. The molecule has 0 unspecified atom stereocenters. The molecule has 0 radical (unpaired) electrons. The van der Waals surface area contributed by atoms with E-state index in [1.54, 1.807) is 38.1 Å². The maximum absolute atomic E-state index is 13.9. The summed E-state index contributed by atoms with van der Waals surface area (Å²) in [7, 11) is -3.31. The van der Waals surface area contributed by atoms with Crippen LogP contribution in [-0.2, 0) is 14.8 Å². The highest BCUT2D eigenvalue weighted by Crippen LogP contribution is 2.25. The topological polar surface area (TPSA) is 95.6 Å². The molecular formula is C21H23F2N3O4S. The Kier molecular flexibility index (Phi) is 6.59. The number of carbonyl (C=O) groups is 2. The first-order valence-corrected chi connectivity index (χ1v) is 11.4.